The van der Waals surface area contributed by atoms with Crippen LogP contribution in [-0.2, 0) is 6.61 Å². The van der Waals surface area contributed by atoms with Crippen molar-refractivity contribution < 1.29 is 14.9 Å². The van der Waals surface area contributed by atoms with Crippen molar-refractivity contribution in [2.75, 3.05) is 6.61 Å². The summed E-state index contributed by atoms with van der Waals surface area (Å²) in [4.78, 5) is 0. The molecule has 0 heterocycles. The van der Waals surface area contributed by atoms with E-state index in [9.17, 15) is 10.2 Å². The van der Waals surface area contributed by atoms with E-state index in [0.717, 1.165) is 39.1 Å². The summed E-state index contributed by atoms with van der Waals surface area (Å²) in [6, 6.07) is 35.4. The summed E-state index contributed by atoms with van der Waals surface area (Å²) in [5.41, 5.74) is 6.27. The van der Waals surface area contributed by atoms with Crippen LogP contribution in [0.2, 0.25) is 0 Å². The molecule has 0 aliphatic carbocycles. The van der Waals surface area contributed by atoms with Crippen molar-refractivity contribution in [2.45, 2.75) is 13.0 Å². The predicted molar refractivity (Wildman–Crippen MR) is 129 cm³/mol. The van der Waals surface area contributed by atoms with Crippen molar-refractivity contribution in [1.82, 2.24) is 0 Å². The molecule has 160 valence electrons. The van der Waals surface area contributed by atoms with Crippen molar-refractivity contribution in [1.29, 1.82) is 0 Å². The molecule has 32 heavy (non-hydrogen) atoms. The van der Waals surface area contributed by atoms with E-state index in [4.69, 9.17) is 4.74 Å². The Bertz CT molecular complexity index is 1150. The molecular formula is C29H26O3. The van der Waals surface area contributed by atoms with Gasteiger partial charge in [-0.3, -0.25) is 0 Å². The van der Waals surface area contributed by atoms with Crippen LogP contribution in [0.4, 0.5) is 0 Å². The van der Waals surface area contributed by atoms with Gasteiger partial charge in [0.25, 0.3) is 0 Å². The summed E-state index contributed by atoms with van der Waals surface area (Å²) in [6.45, 7) is 0.560. The van der Waals surface area contributed by atoms with Crippen LogP contribution in [0, 0.1) is 0 Å². The Morgan fingerprint density at radius 2 is 1.19 bits per heavy atom. The second-order valence-electron chi connectivity index (χ2n) is 7.54. The fourth-order valence-electron chi connectivity index (χ4n) is 3.77. The van der Waals surface area contributed by atoms with E-state index < -0.39 is 0 Å². The van der Waals surface area contributed by atoms with Gasteiger partial charge in [0.1, 0.15) is 18.1 Å². The highest BCUT2D eigenvalue weighted by Crippen LogP contribution is 2.35. The summed E-state index contributed by atoms with van der Waals surface area (Å²) in [5.74, 6) is 1.02. The number of aromatic hydroxyl groups is 1. The van der Waals surface area contributed by atoms with E-state index in [1.165, 1.54) is 0 Å². The van der Waals surface area contributed by atoms with E-state index in [0.29, 0.717) is 13.0 Å². The number of benzene rings is 4. The molecule has 0 fully saturated rings. The molecule has 3 heteroatoms. The Balaban J connectivity index is 1.72. The van der Waals surface area contributed by atoms with Crippen molar-refractivity contribution in [3.05, 3.63) is 131 Å². The third-order valence-electron chi connectivity index (χ3n) is 5.33. The largest absolute Gasteiger partial charge is 0.508 e. The van der Waals surface area contributed by atoms with Gasteiger partial charge in [0, 0.05) is 6.61 Å². The Hall–Kier alpha value is -3.82. The Labute approximate surface area is 188 Å². The number of aliphatic hydroxyl groups is 1. The first-order valence-corrected chi connectivity index (χ1v) is 10.7. The second kappa shape index (κ2) is 10.5. The average molecular weight is 423 g/mol. The van der Waals surface area contributed by atoms with E-state index >= 15 is 0 Å². The molecule has 0 unspecified atom stereocenters. The molecule has 0 radical (unpaired) electrons. The molecule has 0 bridgehead atoms. The molecule has 0 aromatic heterocycles. The fraction of sp³-hybridized carbons (Fsp3) is 0.103. The van der Waals surface area contributed by atoms with Crippen LogP contribution in [0.25, 0.3) is 11.1 Å². The molecule has 0 saturated heterocycles. The van der Waals surface area contributed by atoms with Gasteiger partial charge in [0.2, 0.25) is 0 Å². The Kier molecular flexibility index (Phi) is 7.01. The molecular weight excluding hydrogens is 396 g/mol. The fourth-order valence-corrected chi connectivity index (χ4v) is 3.77. The first kappa shape index (κ1) is 21.4. The number of hydrogen-bond donors (Lipinski definition) is 2. The summed E-state index contributed by atoms with van der Waals surface area (Å²) in [7, 11) is 0. The maximum absolute atomic E-state index is 9.81. The monoisotopic (exact) mass is 422 g/mol. The standard InChI is InChI=1S/C29H26O3/c30-20-19-28(23-9-5-2-6-10-23)29(24-11-15-26(31)16-12-24)25-13-17-27(18-14-25)32-21-22-7-3-1-4-8-22/h1-18,30-31H,19-21H2/b29-28+. The number of hydrogen-bond acceptors (Lipinski definition) is 3. The van der Waals surface area contributed by atoms with E-state index in [1.54, 1.807) is 12.1 Å². The third-order valence-corrected chi connectivity index (χ3v) is 5.33. The molecule has 0 saturated carbocycles. The van der Waals surface area contributed by atoms with Gasteiger partial charge in [-0.1, -0.05) is 84.9 Å². The zero-order valence-corrected chi connectivity index (χ0v) is 17.8. The van der Waals surface area contributed by atoms with Crippen LogP contribution in [0.1, 0.15) is 28.7 Å². The van der Waals surface area contributed by atoms with Gasteiger partial charge in [-0.25, -0.2) is 0 Å². The van der Waals surface area contributed by atoms with Gasteiger partial charge in [0.15, 0.2) is 0 Å². The van der Waals surface area contributed by atoms with Gasteiger partial charge < -0.3 is 14.9 Å². The highest BCUT2D eigenvalue weighted by Gasteiger charge is 2.14. The first-order chi connectivity index (χ1) is 15.7. The van der Waals surface area contributed by atoms with Crippen molar-refractivity contribution in [2.24, 2.45) is 0 Å². The van der Waals surface area contributed by atoms with Crippen LogP contribution in [0.15, 0.2) is 109 Å². The van der Waals surface area contributed by atoms with Crippen LogP contribution < -0.4 is 4.74 Å². The molecule has 0 aliphatic rings. The lowest BCUT2D eigenvalue weighted by Crippen LogP contribution is -1.99. The number of aliphatic hydroxyl groups excluding tert-OH is 1. The van der Waals surface area contributed by atoms with Crippen LogP contribution in [0.3, 0.4) is 0 Å². The van der Waals surface area contributed by atoms with Gasteiger partial charge >= 0.3 is 0 Å². The maximum atomic E-state index is 9.81. The summed E-state index contributed by atoms with van der Waals surface area (Å²) >= 11 is 0. The molecule has 2 N–H and O–H groups in total. The minimum atomic E-state index is 0.0457. The SMILES string of the molecule is OCC/C(=C(/c1ccc(O)cc1)c1ccc(OCc2ccccc2)cc1)c1ccccc1. The molecule has 0 atom stereocenters. The van der Waals surface area contributed by atoms with Gasteiger partial charge in [-0.2, -0.15) is 0 Å². The van der Waals surface area contributed by atoms with Crippen molar-refractivity contribution >= 4 is 11.1 Å². The lowest BCUT2D eigenvalue weighted by molar-refractivity contribution is 0.305. The summed E-state index contributed by atoms with van der Waals surface area (Å²) in [5, 5.41) is 19.6. The number of phenols is 1. The normalized spacial score (nSPS) is 11.7. The molecule has 4 aromatic rings. The van der Waals surface area contributed by atoms with Crippen LogP contribution >= 0.6 is 0 Å². The number of rotatable bonds is 8. The molecule has 4 rings (SSSR count). The predicted octanol–water partition coefficient (Wildman–Crippen LogP) is 6.31. The van der Waals surface area contributed by atoms with Crippen LogP contribution in [-0.4, -0.2) is 16.8 Å². The lowest BCUT2D eigenvalue weighted by atomic mass is 9.88. The third kappa shape index (κ3) is 5.26. The maximum Gasteiger partial charge on any atom is 0.119 e. The Morgan fingerprint density at radius 3 is 1.78 bits per heavy atom. The van der Waals surface area contributed by atoms with Crippen LogP contribution in [0.5, 0.6) is 11.5 Å². The number of ether oxygens (including phenoxy) is 1. The zero-order chi connectivity index (χ0) is 22.2. The first-order valence-electron chi connectivity index (χ1n) is 10.7. The highest BCUT2D eigenvalue weighted by molar-refractivity contribution is 5.98. The topological polar surface area (TPSA) is 49.7 Å². The van der Waals surface area contributed by atoms with Gasteiger partial charge in [-0.15, -0.1) is 0 Å². The van der Waals surface area contributed by atoms with Crippen molar-refractivity contribution in [3.63, 3.8) is 0 Å². The smallest absolute Gasteiger partial charge is 0.119 e. The van der Waals surface area contributed by atoms with Gasteiger partial charge in [0.05, 0.1) is 0 Å². The van der Waals surface area contributed by atoms with E-state index in [2.05, 4.69) is 12.1 Å². The van der Waals surface area contributed by atoms with Gasteiger partial charge in [-0.05, 0) is 64.1 Å². The molecule has 0 aliphatic heterocycles. The zero-order valence-electron chi connectivity index (χ0n) is 17.8. The quantitative estimate of drug-likeness (QED) is 0.327. The summed E-state index contributed by atoms with van der Waals surface area (Å²) < 4.78 is 5.95. The highest BCUT2D eigenvalue weighted by atomic mass is 16.5. The lowest BCUT2D eigenvalue weighted by Gasteiger charge is -2.17. The molecule has 3 nitrogen and oxygen atoms in total. The number of phenolic OH excluding ortho intramolecular Hbond substituents is 1. The average Bonchev–Trinajstić information content (AvgIpc) is 2.85. The Morgan fingerprint density at radius 1 is 0.625 bits per heavy atom. The van der Waals surface area contributed by atoms with E-state index in [1.807, 2.05) is 84.9 Å². The summed E-state index contributed by atoms with van der Waals surface area (Å²) in [6.07, 6.45) is 0.520. The molecule has 0 amide bonds. The molecule has 4 aromatic carbocycles. The second-order valence-corrected chi connectivity index (χ2v) is 7.54. The van der Waals surface area contributed by atoms with Crippen molar-refractivity contribution in [3.8, 4) is 11.5 Å². The minimum absolute atomic E-state index is 0.0457. The van der Waals surface area contributed by atoms with E-state index in [-0.39, 0.29) is 12.4 Å². The minimum Gasteiger partial charge on any atom is -0.508 e. The molecule has 0 spiro atoms.